The third-order valence-corrected chi connectivity index (χ3v) is 6.13. The fourth-order valence-electron chi connectivity index (χ4n) is 3.42. The number of benzene rings is 3. The molecule has 0 radical (unpaired) electrons. The van der Waals surface area contributed by atoms with Gasteiger partial charge in [-0.25, -0.2) is 0 Å². The van der Waals surface area contributed by atoms with Crippen LogP contribution in [0.15, 0.2) is 72.4 Å². The molecule has 0 aromatic heterocycles. The van der Waals surface area contributed by atoms with E-state index in [1.54, 1.807) is 42.3 Å². The largest absolute Gasteiger partial charge is 0.486 e. The van der Waals surface area contributed by atoms with Crippen LogP contribution in [0.1, 0.15) is 16.7 Å². The Kier molecular flexibility index (Phi) is 6.66. The second kappa shape index (κ2) is 9.63. The molecule has 1 heterocycles. The molecule has 1 saturated heterocycles. The summed E-state index contributed by atoms with van der Waals surface area (Å²) >= 11 is 18.4. The Balaban J connectivity index is 1.60. The molecule has 0 unspecified atom stereocenters. The quantitative estimate of drug-likeness (QED) is 0.319. The average molecular weight is 494 g/mol. The van der Waals surface area contributed by atoms with Gasteiger partial charge in [0.05, 0.1) is 27.4 Å². The van der Waals surface area contributed by atoms with E-state index in [-0.39, 0.29) is 12.5 Å². The van der Waals surface area contributed by atoms with Gasteiger partial charge in [-0.15, -0.1) is 0 Å². The van der Waals surface area contributed by atoms with E-state index in [1.807, 2.05) is 42.5 Å². The summed E-state index contributed by atoms with van der Waals surface area (Å²) in [4.78, 5) is 16.2. The molecule has 0 atom stereocenters. The van der Waals surface area contributed by atoms with Gasteiger partial charge < -0.3 is 9.64 Å². The first-order valence-corrected chi connectivity index (χ1v) is 11.1. The van der Waals surface area contributed by atoms with Gasteiger partial charge in [-0.2, -0.15) is 5.26 Å². The number of anilines is 1. The third-order valence-electron chi connectivity index (χ3n) is 5.11. The molecule has 8 heteroatoms. The first kappa shape index (κ1) is 22.8. The number of ether oxygens (including phenoxy) is 1. The molecule has 1 fully saturated rings. The minimum atomic E-state index is -0.241. The van der Waals surface area contributed by atoms with E-state index < -0.39 is 0 Å². The molecular weight excluding hydrogens is 477 g/mol. The Morgan fingerprint density at radius 1 is 1.06 bits per heavy atom. The zero-order chi connectivity index (χ0) is 23.5. The predicted molar refractivity (Wildman–Crippen MR) is 134 cm³/mol. The van der Waals surface area contributed by atoms with Crippen LogP contribution in [0.4, 0.5) is 5.69 Å². The molecule has 0 aliphatic carbocycles. The zero-order valence-electron chi connectivity index (χ0n) is 17.5. The minimum absolute atomic E-state index is 0.144. The summed E-state index contributed by atoms with van der Waals surface area (Å²) in [5, 5.41) is 10.2. The van der Waals surface area contributed by atoms with Gasteiger partial charge in [0.15, 0.2) is 10.9 Å². The van der Waals surface area contributed by atoms with Crippen LogP contribution in [0.2, 0.25) is 10.0 Å². The molecule has 3 aromatic rings. The number of carbonyl (C=O) groups excluding carboxylic acids is 1. The molecular formula is C25H17Cl2N3O2S. The Hall–Kier alpha value is -3.37. The van der Waals surface area contributed by atoms with Crippen molar-refractivity contribution in [3.8, 4) is 11.8 Å². The highest BCUT2D eigenvalue weighted by Crippen LogP contribution is 2.36. The molecule has 5 nitrogen and oxygen atoms in total. The predicted octanol–water partition coefficient (Wildman–Crippen LogP) is 6.05. The van der Waals surface area contributed by atoms with Crippen molar-refractivity contribution in [3.05, 3.63) is 99.2 Å². The third kappa shape index (κ3) is 4.57. The van der Waals surface area contributed by atoms with E-state index in [0.29, 0.717) is 43.4 Å². The van der Waals surface area contributed by atoms with E-state index in [4.69, 9.17) is 40.2 Å². The summed E-state index contributed by atoms with van der Waals surface area (Å²) in [6.45, 7) is 0.144. The van der Waals surface area contributed by atoms with Crippen molar-refractivity contribution in [2.75, 3.05) is 11.9 Å². The van der Waals surface area contributed by atoms with Crippen LogP contribution >= 0.6 is 35.4 Å². The topological polar surface area (TPSA) is 56.6 Å². The highest BCUT2D eigenvalue weighted by molar-refractivity contribution is 7.80. The van der Waals surface area contributed by atoms with Crippen molar-refractivity contribution < 1.29 is 9.53 Å². The molecule has 4 rings (SSSR count). The lowest BCUT2D eigenvalue weighted by Crippen LogP contribution is -2.30. The Labute approximate surface area is 207 Å². The standard InChI is InChI=1S/C25H17Cl2N3O2S/c1-29-22(24(31)30(25(29)33)19-9-3-2-4-10-19)13-16-11-20(26)23(21(27)12-16)32-15-18-8-6-5-7-17(18)14-28/h2-13H,15H2,1H3. The molecule has 1 amide bonds. The number of likely N-dealkylation sites (N-methyl/N-ethyl adjacent to an activating group) is 1. The van der Waals surface area contributed by atoms with Gasteiger partial charge in [-0.05, 0) is 54.2 Å². The smallest absolute Gasteiger partial charge is 0.281 e. The molecule has 1 aliphatic heterocycles. The molecule has 0 bridgehead atoms. The molecule has 0 spiro atoms. The van der Waals surface area contributed by atoms with Crippen molar-refractivity contribution in [2.24, 2.45) is 0 Å². The van der Waals surface area contributed by atoms with Crippen LogP contribution in [0.5, 0.6) is 5.75 Å². The number of hydrogen-bond acceptors (Lipinski definition) is 4. The fourth-order valence-corrected chi connectivity index (χ4v) is 4.32. The highest BCUT2D eigenvalue weighted by Gasteiger charge is 2.36. The molecule has 1 aliphatic rings. The van der Waals surface area contributed by atoms with E-state index in [2.05, 4.69) is 6.07 Å². The molecule has 0 N–H and O–H groups in total. The van der Waals surface area contributed by atoms with Gasteiger partial charge in [0, 0.05) is 12.6 Å². The molecule has 0 saturated carbocycles. The number of amides is 1. The first-order chi connectivity index (χ1) is 15.9. The number of hydrogen-bond donors (Lipinski definition) is 0. The van der Waals surface area contributed by atoms with Crippen LogP contribution in [-0.4, -0.2) is 23.0 Å². The van der Waals surface area contributed by atoms with Crippen molar-refractivity contribution in [3.63, 3.8) is 0 Å². The lowest BCUT2D eigenvalue weighted by Gasteiger charge is -2.16. The first-order valence-electron chi connectivity index (χ1n) is 9.89. The van der Waals surface area contributed by atoms with E-state index in [1.165, 1.54) is 4.90 Å². The Bertz CT molecular complexity index is 1300. The van der Waals surface area contributed by atoms with E-state index in [9.17, 15) is 10.1 Å². The van der Waals surface area contributed by atoms with Crippen LogP contribution in [0, 0.1) is 11.3 Å². The van der Waals surface area contributed by atoms with Gasteiger partial charge in [0.25, 0.3) is 5.91 Å². The van der Waals surface area contributed by atoms with Gasteiger partial charge in [0.2, 0.25) is 0 Å². The van der Waals surface area contributed by atoms with Crippen molar-refractivity contribution in [1.82, 2.24) is 4.90 Å². The Morgan fingerprint density at radius 2 is 1.70 bits per heavy atom. The summed E-state index contributed by atoms with van der Waals surface area (Å²) in [5.74, 6) is 0.0649. The monoisotopic (exact) mass is 493 g/mol. The van der Waals surface area contributed by atoms with Crippen LogP contribution < -0.4 is 9.64 Å². The second-order valence-corrected chi connectivity index (χ2v) is 8.40. The summed E-state index contributed by atoms with van der Waals surface area (Å²) in [6.07, 6.45) is 1.68. The van der Waals surface area contributed by atoms with Gasteiger partial charge in [-0.3, -0.25) is 9.69 Å². The van der Waals surface area contributed by atoms with Crippen LogP contribution in [0.25, 0.3) is 6.08 Å². The maximum Gasteiger partial charge on any atom is 0.281 e. The van der Waals surface area contributed by atoms with Crippen LogP contribution in [-0.2, 0) is 11.4 Å². The summed E-state index contributed by atoms with van der Waals surface area (Å²) < 4.78 is 5.81. The average Bonchev–Trinajstić information content (AvgIpc) is 3.02. The molecule has 3 aromatic carbocycles. The van der Waals surface area contributed by atoms with Gasteiger partial charge in [-0.1, -0.05) is 59.6 Å². The lowest BCUT2D eigenvalue weighted by atomic mass is 10.1. The normalized spacial score (nSPS) is 14.7. The van der Waals surface area contributed by atoms with E-state index in [0.717, 1.165) is 5.56 Å². The minimum Gasteiger partial charge on any atom is -0.486 e. The second-order valence-electron chi connectivity index (χ2n) is 7.22. The number of nitrogens with zero attached hydrogens (tertiary/aromatic N) is 3. The fraction of sp³-hybridized carbons (Fsp3) is 0.0800. The summed E-state index contributed by atoms with van der Waals surface area (Å²) in [7, 11) is 1.74. The molecule has 33 heavy (non-hydrogen) atoms. The van der Waals surface area contributed by atoms with Crippen molar-refractivity contribution >= 4 is 58.2 Å². The number of nitriles is 1. The van der Waals surface area contributed by atoms with Gasteiger partial charge in [0.1, 0.15) is 12.3 Å². The number of para-hydroxylation sites is 1. The lowest BCUT2D eigenvalue weighted by molar-refractivity contribution is -0.114. The zero-order valence-corrected chi connectivity index (χ0v) is 19.8. The SMILES string of the molecule is CN1C(=S)N(c2ccccc2)C(=O)C1=Cc1cc(Cl)c(OCc2ccccc2C#N)c(Cl)c1. The summed E-state index contributed by atoms with van der Waals surface area (Å²) in [5.41, 5.74) is 2.97. The number of carbonyl (C=O) groups is 1. The van der Waals surface area contributed by atoms with E-state index >= 15 is 0 Å². The number of thiocarbonyl (C=S) groups is 1. The Morgan fingerprint density at radius 3 is 2.36 bits per heavy atom. The maximum absolute atomic E-state index is 13.1. The van der Waals surface area contributed by atoms with Crippen molar-refractivity contribution in [1.29, 1.82) is 5.26 Å². The van der Waals surface area contributed by atoms with Crippen LogP contribution in [0.3, 0.4) is 0 Å². The number of halogens is 2. The number of rotatable bonds is 5. The summed E-state index contributed by atoms with van der Waals surface area (Å²) in [6, 6.07) is 21.8. The molecule has 164 valence electrons. The van der Waals surface area contributed by atoms with Gasteiger partial charge >= 0.3 is 0 Å². The maximum atomic E-state index is 13.1. The highest BCUT2D eigenvalue weighted by atomic mass is 35.5. The van der Waals surface area contributed by atoms with Crippen molar-refractivity contribution in [2.45, 2.75) is 6.61 Å².